The number of rotatable bonds is 11. The molecule has 0 unspecified atom stereocenters. The van der Waals surface area contributed by atoms with Crippen molar-refractivity contribution in [3.63, 3.8) is 0 Å². The molecular weight excluding hydrogens is 464 g/mol. The fraction of sp³-hybridized carbons (Fsp3) is 0.387. The maximum atomic E-state index is 13.3. The Hall–Kier alpha value is -3.35. The number of piperidine rings is 1. The first kappa shape index (κ1) is 26.7. The highest BCUT2D eigenvalue weighted by Crippen LogP contribution is 2.46. The number of hydrogen-bond acceptors (Lipinski definition) is 5. The Morgan fingerprint density at radius 3 is 2.54 bits per heavy atom. The average Bonchev–Trinajstić information content (AvgIpc) is 2.95. The van der Waals surface area contributed by atoms with Gasteiger partial charge in [0.15, 0.2) is 11.5 Å². The molecule has 1 fully saturated rings. The van der Waals surface area contributed by atoms with E-state index in [1.54, 1.807) is 14.2 Å². The van der Waals surface area contributed by atoms with Crippen molar-refractivity contribution in [2.45, 2.75) is 31.6 Å². The number of methoxy groups -OCH3 is 2. The fourth-order valence-corrected chi connectivity index (χ4v) is 5.23. The molecule has 0 aliphatic carbocycles. The minimum absolute atomic E-state index is 0.0323. The molecule has 0 saturated carbocycles. The maximum absolute atomic E-state index is 13.3. The fourth-order valence-electron chi connectivity index (χ4n) is 5.23. The molecule has 0 spiro atoms. The lowest BCUT2D eigenvalue weighted by Crippen LogP contribution is -2.36. The van der Waals surface area contributed by atoms with Crippen molar-refractivity contribution in [2.75, 3.05) is 47.1 Å². The maximum Gasteiger partial charge on any atom is 0.251 e. The van der Waals surface area contributed by atoms with Crippen LogP contribution in [-0.2, 0) is 4.74 Å². The number of nitrogens with one attached hydrogen (secondary N) is 2. The standard InChI is InChI=1S/C31H38N2O4/c1-4-33-31(34)26-14-15-28(36-3)30(37-19-9-18-35-2)29(26)27-21-32-17-16-25(27)24-13-8-12-23(20-24)22-10-6-5-7-11-22/h5-8,10-15,20,25,27,32H,4,9,16-19,21H2,1-3H3,(H,33,34)/t25-,27+/m0/s1. The molecule has 3 aromatic carbocycles. The van der Waals surface area contributed by atoms with Crippen molar-refractivity contribution in [2.24, 2.45) is 0 Å². The Bertz CT molecular complexity index is 1170. The van der Waals surface area contributed by atoms with Gasteiger partial charge in [0, 0.05) is 50.3 Å². The van der Waals surface area contributed by atoms with Crippen molar-refractivity contribution >= 4 is 5.91 Å². The lowest BCUT2D eigenvalue weighted by Gasteiger charge is -2.35. The third kappa shape index (κ3) is 6.32. The second-order valence-electron chi connectivity index (χ2n) is 9.31. The molecule has 37 heavy (non-hydrogen) atoms. The van der Waals surface area contributed by atoms with E-state index in [2.05, 4.69) is 59.2 Å². The van der Waals surface area contributed by atoms with Crippen LogP contribution in [0.2, 0.25) is 0 Å². The van der Waals surface area contributed by atoms with Gasteiger partial charge in [-0.25, -0.2) is 0 Å². The Labute approximate surface area is 220 Å². The van der Waals surface area contributed by atoms with Gasteiger partial charge in [-0.15, -0.1) is 0 Å². The molecule has 2 N–H and O–H groups in total. The minimum atomic E-state index is -0.0933. The number of amides is 1. The predicted octanol–water partition coefficient (Wildman–Crippen LogP) is 5.39. The van der Waals surface area contributed by atoms with E-state index in [-0.39, 0.29) is 17.7 Å². The second-order valence-corrected chi connectivity index (χ2v) is 9.31. The summed E-state index contributed by atoms with van der Waals surface area (Å²) in [6.45, 7) is 5.23. The van der Waals surface area contributed by atoms with Gasteiger partial charge in [-0.3, -0.25) is 4.79 Å². The van der Waals surface area contributed by atoms with Crippen molar-refractivity contribution in [1.82, 2.24) is 10.6 Å². The Balaban J connectivity index is 1.80. The summed E-state index contributed by atoms with van der Waals surface area (Å²) in [6, 6.07) is 22.9. The number of carbonyl (C=O) groups excluding carboxylic acids is 1. The lowest BCUT2D eigenvalue weighted by molar-refractivity contribution is 0.0953. The van der Waals surface area contributed by atoms with Gasteiger partial charge >= 0.3 is 0 Å². The van der Waals surface area contributed by atoms with Gasteiger partial charge in [0.25, 0.3) is 5.91 Å². The van der Waals surface area contributed by atoms with Gasteiger partial charge in [-0.1, -0.05) is 54.6 Å². The predicted molar refractivity (Wildman–Crippen MR) is 148 cm³/mol. The van der Waals surface area contributed by atoms with Gasteiger partial charge in [0.2, 0.25) is 0 Å². The summed E-state index contributed by atoms with van der Waals surface area (Å²) >= 11 is 0. The van der Waals surface area contributed by atoms with E-state index >= 15 is 0 Å². The van der Waals surface area contributed by atoms with Crippen molar-refractivity contribution in [3.8, 4) is 22.6 Å². The largest absolute Gasteiger partial charge is 0.493 e. The van der Waals surface area contributed by atoms with Gasteiger partial charge < -0.3 is 24.8 Å². The van der Waals surface area contributed by atoms with Crippen LogP contribution in [0.25, 0.3) is 11.1 Å². The molecule has 1 saturated heterocycles. The van der Waals surface area contributed by atoms with E-state index in [0.29, 0.717) is 36.8 Å². The van der Waals surface area contributed by atoms with E-state index in [1.165, 1.54) is 16.7 Å². The molecule has 1 amide bonds. The quantitative estimate of drug-likeness (QED) is 0.344. The topological polar surface area (TPSA) is 68.8 Å². The van der Waals surface area contributed by atoms with Crippen LogP contribution in [0.4, 0.5) is 0 Å². The zero-order valence-electron chi connectivity index (χ0n) is 22.1. The van der Waals surface area contributed by atoms with Crippen LogP contribution in [0, 0.1) is 0 Å². The second kappa shape index (κ2) is 13.3. The summed E-state index contributed by atoms with van der Waals surface area (Å²) in [7, 11) is 3.33. The Morgan fingerprint density at radius 1 is 0.973 bits per heavy atom. The highest BCUT2D eigenvalue weighted by molar-refractivity contribution is 5.97. The summed E-state index contributed by atoms with van der Waals surface area (Å²) in [5, 5.41) is 6.56. The highest BCUT2D eigenvalue weighted by Gasteiger charge is 2.34. The van der Waals surface area contributed by atoms with Crippen LogP contribution in [-0.4, -0.2) is 53.0 Å². The summed E-state index contributed by atoms with van der Waals surface area (Å²) in [5.41, 5.74) is 5.21. The molecule has 6 nitrogen and oxygen atoms in total. The van der Waals surface area contributed by atoms with Crippen LogP contribution in [0.3, 0.4) is 0 Å². The SMILES string of the molecule is CCNC(=O)c1ccc(OC)c(OCCCOC)c1[C@@H]1CNCC[C@H]1c1cccc(-c2ccccc2)c1. The number of hydrogen-bond donors (Lipinski definition) is 2. The summed E-state index contributed by atoms with van der Waals surface area (Å²) in [6.07, 6.45) is 1.70. The van der Waals surface area contributed by atoms with E-state index < -0.39 is 0 Å². The molecule has 1 heterocycles. The van der Waals surface area contributed by atoms with Gasteiger partial charge in [0.1, 0.15) is 0 Å². The molecular formula is C31H38N2O4. The van der Waals surface area contributed by atoms with E-state index in [9.17, 15) is 4.79 Å². The molecule has 0 radical (unpaired) electrons. The van der Waals surface area contributed by atoms with Crippen molar-refractivity contribution in [1.29, 1.82) is 0 Å². The molecule has 4 rings (SSSR count). The lowest BCUT2D eigenvalue weighted by atomic mass is 9.75. The first-order chi connectivity index (χ1) is 18.2. The minimum Gasteiger partial charge on any atom is -0.493 e. The molecule has 0 bridgehead atoms. The van der Waals surface area contributed by atoms with E-state index in [0.717, 1.165) is 31.5 Å². The normalized spacial score (nSPS) is 17.3. The smallest absolute Gasteiger partial charge is 0.251 e. The summed E-state index contributed by atoms with van der Waals surface area (Å²) in [5.74, 6) is 1.45. The van der Waals surface area contributed by atoms with Crippen molar-refractivity contribution in [3.05, 3.63) is 83.4 Å². The van der Waals surface area contributed by atoms with Crippen LogP contribution in [0.15, 0.2) is 66.7 Å². The first-order valence-electron chi connectivity index (χ1n) is 13.1. The third-order valence-corrected chi connectivity index (χ3v) is 6.98. The van der Waals surface area contributed by atoms with E-state index in [4.69, 9.17) is 14.2 Å². The number of benzene rings is 3. The van der Waals surface area contributed by atoms with Gasteiger partial charge in [-0.05, 0) is 54.6 Å². The van der Waals surface area contributed by atoms with Crippen LogP contribution >= 0.6 is 0 Å². The van der Waals surface area contributed by atoms with Crippen LogP contribution in [0.5, 0.6) is 11.5 Å². The van der Waals surface area contributed by atoms with Crippen molar-refractivity contribution < 1.29 is 19.0 Å². The van der Waals surface area contributed by atoms with E-state index in [1.807, 2.05) is 25.1 Å². The molecule has 196 valence electrons. The highest BCUT2D eigenvalue weighted by atomic mass is 16.5. The Kier molecular flexibility index (Phi) is 9.58. The third-order valence-electron chi connectivity index (χ3n) is 6.98. The summed E-state index contributed by atoms with van der Waals surface area (Å²) < 4.78 is 17.3. The average molecular weight is 503 g/mol. The Morgan fingerprint density at radius 2 is 1.78 bits per heavy atom. The van der Waals surface area contributed by atoms with Crippen LogP contribution < -0.4 is 20.1 Å². The molecule has 0 aromatic heterocycles. The van der Waals surface area contributed by atoms with Gasteiger partial charge in [0.05, 0.1) is 13.7 Å². The number of carbonyl (C=O) groups is 1. The first-order valence-corrected chi connectivity index (χ1v) is 13.1. The summed E-state index contributed by atoms with van der Waals surface area (Å²) in [4.78, 5) is 13.3. The molecule has 1 aliphatic rings. The molecule has 2 atom stereocenters. The van der Waals surface area contributed by atoms with Crippen LogP contribution in [0.1, 0.15) is 53.1 Å². The zero-order chi connectivity index (χ0) is 26.0. The molecule has 3 aromatic rings. The number of ether oxygens (including phenoxy) is 3. The molecule has 6 heteroatoms. The molecule has 1 aliphatic heterocycles. The monoisotopic (exact) mass is 502 g/mol. The zero-order valence-corrected chi connectivity index (χ0v) is 22.1. The van der Waals surface area contributed by atoms with Gasteiger partial charge in [-0.2, -0.15) is 0 Å².